The summed E-state index contributed by atoms with van der Waals surface area (Å²) in [6.07, 6.45) is 1.35. The van der Waals surface area contributed by atoms with E-state index in [-0.39, 0.29) is 5.56 Å². The van der Waals surface area contributed by atoms with Crippen molar-refractivity contribution in [1.29, 1.82) is 0 Å². The number of H-pyrrole nitrogens is 1. The van der Waals surface area contributed by atoms with Gasteiger partial charge in [-0.2, -0.15) is 0 Å². The van der Waals surface area contributed by atoms with Crippen LogP contribution in [0.4, 0.5) is 5.82 Å². The summed E-state index contributed by atoms with van der Waals surface area (Å²) in [5, 5.41) is 3.74. The number of halogens is 2. The number of nitrogens with one attached hydrogen (secondary N) is 2. The van der Waals surface area contributed by atoms with Crippen LogP contribution in [0.15, 0.2) is 39.9 Å². The molecule has 0 saturated heterocycles. The predicted octanol–water partition coefficient (Wildman–Crippen LogP) is 2.80. The van der Waals surface area contributed by atoms with Crippen molar-refractivity contribution >= 4 is 33.3 Å². The zero-order valence-electron chi connectivity index (χ0n) is 8.71. The van der Waals surface area contributed by atoms with Crippen LogP contribution in [-0.2, 0) is 6.54 Å². The fraction of sp³-hybridized carbons (Fsp3) is 0.0909. The molecule has 0 spiro atoms. The van der Waals surface area contributed by atoms with Crippen LogP contribution in [0.5, 0.6) is 0 Å². The fourth-order valence-electron chi connectivity index (χ4n) is 1.34. The van der Waals surface area contributed by atoms with Gasteiger partial charge in [0.05, 0.1) is 6.33 Å². The molecule has 2 aromatic rings. The Hall–Kier alpha value is -1.33. The van der Waals surface area contributed by atoms with Crippen LogP contribution < -0.4 is 10.9 Å². The highest BCUT2D eigenvalue weighted by Crippen LogP contribution is 2.16. The van der Waals surface area contributed by atoms with E-state index in [0.717, 1.165) is 5.56 Å². The minimum atomic E-state index is -0.214. The molecule has 1 heterocycles. The number of benzene rings is 1. The van der Waals surface area contributed by atoms with Gasteiger partial charge in [0.25, 0.3) is 5.56 Å². The fourth-order valence-corrected chi connectivity index (χ4v) is 1.91. The molecule has 1 aromatic heterocycles. The number of aromatic amines is 1. The molecule has 0 radical (unpaired) electrons. The van der Waals surface area contributed by atoms with Crippen LogP contribution in [0.2, 0.25) is 5.02 Å². The van der Waals surface area contributed by atoms with Gasteiger partial charge < -0.3 is 10.3 Å². The molecule has 88 valence electrons. The molecule has 0 saturated carbocycles. The Balaban J connectivity index is 2.13. The molecule has 0 fully saturated rings. The predicted molar refractivity (Wildman–Crippen MR) is 71.3 cm³/mol. The second-order valence-corrected chi connectivity index (χ2v) is 4.61. The summed E-state index contributed by atoms with van der Waals surface area (Å²) in [5.74, 6) is 0.508. The first-order chi connectivity index (χ1) is 8.16. The van der Waals surface area contributed by atoms with Crippen LogP contribution in [0.3, 0.4) is 0 Å². The lowest BCUT2D eigenvalue weighted by Crippen LogP contribution is -2.12. The van der Waals surface area contributed by atoms with Gasteiger partial charge in [0, 0.05) is 11.6 Å². The molecule has 4 nitrogen and oxygen atoms in total. The molecule has 0 bridgehead atoms. The van der Waals surface area contributed by atoms with Gasteiger partial charge in [-0.3, -0.25) is 4.79 Å². The highest BCUT2D eigenvalue weighted by molar-refractivity contribution is 9.10. The van der Waals surface area contributed by atoms with E-state index < -0.39 is 0 Å². The summed E-state index contributed by atoms with van der Waals surface area (Å²) in [4.78, 5) is 17.8. The Morgan fingerprint density at radius 2 is 2.29 bits per heavy atom. The number of hydrogen-bond acceptors (Lipinski definition) is 3. The zero-order valence-corrected chi connectivity index (χ0v) is 11.0. The second kappa shape index (κ2) is 5.33. The van der Waals surface area contributed by atoms with Gasteiger partial charge in [0.1, 0.15) is 10.3 Å². The lowest BCUT2D eigenvalue weighted by atomic mass is 10.2. The van der Waals surface area contributed by atoms with Crippen molar-refractivity contribution in [2.45, 2.75) is 6.54 Å². The minimum absolute atomic E-state index is 0.214. The maximum Gasteiger partial charge on any atom is 0.267 e. The standard InChI is InChI=1S/C11H9BrClN3O/c12-9-10(15-6-16-11(9)17)14-5-7-2-1-3-8(13)4-7/h1-4,6H,5H2,(H2,14,15,16,17). The topological polar surface area (TPSA) is 57.8 Å². The molecular formula is C11H9BrClN3O. The zero-order chi connectivity index (χ0) is 12.3. The Labute approximate surface area is 111 Å². The molecule has 0 atom stereocenters. The van der Waals surface area contributed by atoms with Crippen molar-refractivity contribution in [3.05, 3.63) is 56.0 Å². The summed E-state index contributed by atoms with van der Waals surface area (Å²) in [6, 6.07) is 7.49. The molecule has 6 heteroatoms. The number of nitrogens with zero attached hydrogens (tertiary/aromatic N) is 1. The van der Waals surface area contributed by atoms with E-state index in [0.29, 0.717) is 21.9 Å². The van der Waals surface area contributed by atoms with Crippen molar-refractivity contribution in [2.24, 2.45) is 0 Å². The van der Waals surface area contributed by atoms with Gasteiger partial charge in [-0.05, 0) is 33.6 Å². The Morgan fingerprint density at radius 3 is 3.06 bits per heavy atom. The Kier molecular flexibility index (Phi) is 3.81. The van der Waals surface area contributed by atoms with Crippen molar-refractivity contribution < 1.29 is 0 Å². The summed E-state index contributed by atoms with van der Waals surface area (Å²) in [5.41, 5.74) is 0.806. The summed E-state index contributed by atoms with van der Waals surface area (Å²) in [6.45, 7) is 0.551. The highest BCUT2D eigenvalue weighted by atomic mass is 79.9. The van der Waals surface area contributed by atoms with Crippen molar-refractivity contribution in [3.8, 4) is 0 Å². The van der Waals surface area contributed by atoms with Gasteiger partial charge >= 0.3 is 0 Å². The van der Waals surface area contributed by atoms with E-state index >= 15 is 0 Å². The molecule has 2 N–H and O–H groups in total. The van der Waals surface area contributed by atoms with Gasteiger partial charge in [-0.15, -0.1) is 0 Å². The number of rotatable bonds is 3. The van der Waals surface area contributed by atoms with Crippen molar-refractivity contribution in [2.75, 3.05) is 5.32 Å². The third kappa shape index (κ3) is 3.08. The Bertz CT molecular complexity index is 585. The third-order valence-corrected chi connectivity index (χ3v) is 3.12. The molecule has 0 aliphatic carbocycles. The molecule has 0 aliphatic rings. The number of aromatic nitrogens is 2. The molecule has 1 aromatic carbocycles. The van der Waals surface area contributed by atoms with E-state index in [1.807, 2.05) is 24.3 Å². The van der Waals surface area contributed by atoms with E-state index in [1.165, 1.54) is 6.33 Å². The Morgan fingerprint density at radius 1 is 1.47 bits per heavy atom. The van der Waals surface area contributed by atoms with E-state index in [1.54, 1.807) is 0 Å². The summed E-state index contributed by atoms with van der Waals surface area (Å²) in [7, 11) is 0. The number of anilines is 1. The van der Waals surface area contributed by atoms with Crippen LogP contribution in [0, 0.1) is 0 Å². The lowest BCUT2D eigenvalue weighted by molar-refractivity contribution is 1.05. The summed E-state index contributed by atoms with van der Waals surface area (Å²) >= 11 is 9.05. The SMILES string of the molecule is O=c1[nH]cnc(NCc2cccc(Cl)c2)c1Br. The van der Waals surface area contributed by atoms with Gasteiger partial charge in [0.15, 0.2) is 0 Å². The smallest absolute Gasteiger partial charge is 0.267 e. The monoisotopic (exact) mass is 313 g/mol. The van der Waals surface area contributed by atoms with Crippen LogP contribution in [0.25, 0.3) is 0 Å². The molecular weight excluding hydrogens is 305 g/mol. The average molecular weight is 315 g/mol. The van der Waals surface area contributed by atoms with Crippen molar-refractivity contribution in [1.82, 2.24) is 9.97 Å². The van der Waals surface area contributed by atoms with E-state index in [9.17, 15) is 4.79 Å². The van der Waals surface area contributed by atoms with Gasteiger partial charge in [0.2, 0.25) is 0 Å². The molecule has 0 aliphatic heterocycles. The highest BCUT2D eigenvalue weighted by Gasteiger charge is 2.04. The average Bonchev–Trinajstić information content (AvgIpc) is 2.31. The molecule has 2 rings (SSSR count). The largest absolute Gasteiger partial charge is 0.365 e. The first-order valence-electron chi connectivity index (χ1n) is 4.88. The van der Waals surface area contributed by atoms with Gasteiger partial charge in [-0.25, -0.2) is 4.98 Å². The van der Waals surface area contributed by atoms with E-state index in [2.05, 4.69) is 31.2 Å². The molecule has 0 unspecified atom stereocenters. The van der Waals surface area contributed by atoms with Gasteiger partial charge in [-0.1, -0.05) is 23.7 Å². The minimum Gasteiger partial charge on any atom is -0.365 e. The summed E-state index contributed by atoms with van der Waals surface area (Å²) < 4.78 is 0.391. The number of hydrogen-bond donors (Lipinski definition) is 2. The van der Waals surface area contributed by atoms with Crippen LogP contribution in [0.1, 0.15) is 5.56 Å². The maximum atomic E-state index is 11.3. The third-order valence-electron chi connectivity index (χ3n) is 2.15. The normalized spacial score (nSPS) is 10.2. The second-order valence-electron chi connectivity index (χ2n) is 3.38. The maximum absolute atomic E-state index is 11.3. The molecule has 0 amide bonds. The van der Waals surface area contributed by atoms with Crippen LogP contribution >= 0.6 is 27.5 Å². The first-order valence-corrected chi connectivity index (χ1v) is 6.05. The first kappa shape index (κ1) is 12.1. The van der Waals surface area contributed by atoms with Crippen LogP contribution in [-0.4, -0.2) is 9.97 Å². The quantitative estimate of drug-likeness (QED) is 0.916. The molecule has 17 heavy (non-hydrogen) atoms. The van der Waals surface area contributed by atoms with Crippen molar-refractivity contribution in [3.63, 3.8) is 0 Å². The van der Waals surface area contributed by atoms with E-state index in [4.69, 9.17) is 11.6 Å². The lowest BCUT2D eigenvalue weighted by Gasteiger charge is -2.06.